The van der Waals surface area contributed by atoms with E-state index in [1.807, 2.05) is 36.4 Å². The lowest BCUT2D eigenvalue weighted by atomic mass is 10.0. The van der Waals surface area contributed by atoms with Gasteiger partial charge in [-0.3, -0.25) is 9.59 Å². The van der Waals surface area contributed by atoms with Crippen LogP contribution in [0.4, 0.5) is 5.69 Å². The summed E-state index contributed by atoms with van der Waals surface area (Å²) < 4.78 is 0. The van der Waals surface area contributed by atoms with Crippen molar-refractivity contribution in [1.29, 1.82) is 0 Å². The van der Waals surface area contributed by atoms with Gasteiger partial charge in [0.25, 0.3) is 11.8 Å². The summed E-state index contributed by atoms with van der Waals surface area (Å²) in [5, 5.41) is 0. The highest BCUT2D eigenvalue weighted by molar-refractivity contribution is 6.34. The van der Waals surface area contributed by atoms with Gasteiger partial charge in [-0.25, -0.2) is 4.90 Å². The summed E-state index contributed by atoms with van der Waals surface area (Å²) in [6.45, 7) is 0. The zero-order valence-electron chi connectivity index (χ0n) is 13.0. The summed E-state index contributed by atoms with van der Waals surface area (Å²) in [4.78, 5) is 26.4. The molecule has 1 aliphatic heterocycles. The summed E-state index contributed by atoms with van der Waals surface area (Å²) in [7, 11) is 0. The molecule has 0 aromatic heterocycles. The van der Waals surface area contributed by atoms with Gasteiger partial charge in [0, 0.05) is 0 Å². The van der Waals surface area contributed by atoms with Crippen molar-refractivity contribution in [3.8, 4) is 0 Å². The summed E-state index contributed by atoms with van der Waals surface area (Å²) >= 11 is 0. The normalized spacial score (nSPS) is 13.2. The summed E-state index contributed by atoms with van der Waals surface area (Å²) in [5.41, 5.74) is 3.81. The van der Waals surface area contributed by atoms with E-state index in [0.717, 1.165) is 12.0 Å². The Morgan fingerprint density at radius 2 is 1.21 bits per heavy atom. The molecule has 0 spiro atoms. The van der Waals surface area contributed by atoms with Gasteiger partial charge < -0.3 is 0 Å². The highest BCUT2D eigenvalue weighted by Gasteiger charge is 2.36. The number of carbonyl (C=O) groups is 2. The van der Waals surface area contributed by atoms with Gasteiger partial charge in [-0.15, -0.1) is 0 Å². The van der Waals surface area contributed by atoms with Crippen molar-refractivity contribution in [2.75, 3.05) is 4.90 Å². The third-order valence-electron chi connectivity index (χ3n) is 4.21. The predicted molar refractivity (Wildman–Crippen MR) is 93.3 cm³/mol. The van der Waals surface area contributed by atoms with Crippen molar-refractivity contribution in [3.05, 3.63) is 101 Å². The molecular weight excluding hydrogens is 298 g/mol. The molecule has 0 bridgehead atoms. The van der Waals surface area contributed by atoms with Gasteiger partial charge in [-0.05, 0) is 41.8 Å². The number of carbonyl (C=O) groups excluding carboxylic acids is 2. The molecule has 0 fully saturated rings. The minimum absolute atomic E-state index is 0.257. The molecule has 1 aliphatic rings. The first kappa shape index (κ1) is 14.4. The molecule has 0 N–H and O–H groups in total. The Morgan fingerprint density at radius 3 is 1.88 bits per heavy atom. The Morgan fingerprint density at radius 1 is 0.625 bits per heavy atom. The maximum absolute atomic E-state index is 12.6. The van der Waals surface area contributed by atoms with Crippen LogP contribution in [-0.4, -0.2) is 11.8 Å². The minimum Gasteiger partial charge on any atom is -0.268 e. The van der Waals surface area contributed by atoms with Crippen molar-refractivity contribution >= 4 is 17.5 Å². The Hall–Kier alpha value is -3.20. The average molecular weight is 313 g/mol. The standard InChI is InChI=1S/C21H15NO2/c23-20-18-11-4-5-12-19(18)21(24)22(20)17-10-6-9-16(14-17)13-15-7-2-1-3-8-15/h1-12,14H,13H2. The van der Waals surface area contributed by atoms with E-state index in [2.05, 4.69) is 12.1 Å². The second kappa shape index (κ2) is 5.78. The summed E-state index contributed by atoms with van der Waals surface area (Å²) in [6, 6.07) is 24.7. The van der Waals surface area contributed by atoms with E-state index < -0.39 is 0 Å². The zero-order valence-corrected chi connectivity index (χ0v) is 13.0. The third-order valence-corrected chi connectivity index (χ3v) is 4.21. The van der Waals surface area contributed by atoms with Gasteiger partial charge in [0.15, 0.2) is 0 Å². The topological polar surface area (TPSA) is 37.4 Å². The molecule has 3 aromatic carbocycles. The van der Waals surface area contributed by atoms with Crippen LogP contribution in [-0.2, 0) is 6.42 Å². The highest BCUT2D eigenvalue weighted by atomic mass is 16.2. The first-order chi connectivity index (χ1) is 11.7. The van der Waals surface area contributed by atoms with E-state index in [-0.39, 0.29) is 11.8 Å². The van der Waals surface area contributed by atoms with E-state index in [1.165, 1.54) is 10.5 Å². The van der Waals surface area contributed by atoms with Crippen LogP contribution in [0.2, 0.25) is 0 Å². The first-order valence-electron chi connectivity index (χ1n) is 7.85. The second-order valence-electron chi connectivity index (χ2n) is 5.82. The fourth-order valence-corrected chi connectivity index (χ4v) is 3.06. The molecule has 116 valence electrons. The van der Waals surface area contributed by atoms with E-state index in [9.17, 15) is 9.59 Å². The van der Waals surface area contributed by atoms with E-state index in [4.69, 9.17) is 0 Å². The van der Waals surface area contributed by atoms with Crippen LogP contribution in [0, 0.1) is 0 Å². The Bertz CT molecular complexity index is 896. The molecule has 24 heavy (non-hydrogen) atoms. The molecule has 2 amide bonds. The van der Waals surface area contributed by atoms with Gasteiger partial charge in [-0.1, -0.05) is 54.6 Å². The lowest BCUT2D eigenvalue weighted by Crippen LogP contribution is -2.29. The van der Waals surface area contributed by atoms with Crippen LogP contribution in [0.5, 0.6) is 0 Å². The van der Waals surface area contributed by atoms with Crippen LogP contribution in [0.3, 0.4) is 0 Å². The lowest BCUT2D eigenvalue weighted by molar-refractivity contribution is 0.0926. The molecule has 4 rings (SSSR count). The van der Waals surface area contributed by atoms with Gasteiger partial charge in [0.1, 0.15) is 0 Å². The number of hydrogen-bond donors (Lipinski definition) is 0. The van der Waals surface area contributed by atoms with Gasteiger partial charge in [0.05, 0.1) is 16.8 Å². The molecule has 0 saturated carbocycles. The third kappa shape index (κ3) is 2.40. The van der Waals surface area contributed by atoms with Crippen LogP contribution < -0.4 is 4.90 Å². The highest BCUT2D eigenvalue weighted by Crippen LogP contribution is 2.29. The minimum atomic E-state index is -0.257. The molecular formula is C21H15NO2. The van der Waals surface area contributed by atoms with Gasteiger partial charge in [-0.2, -0.15) is 0 Å². The SMILES string of the molecule is O=C1c2ccccc2C(=O)N1c1cccc(Cc2ccccc2)c1. The first-order valence-corrected chi connectivity index (χ1v) is 7.85. The van der Waals surface area contributed by atoms with Crippen LogP contribution in [0.25, 0.3) is 0 Å². The zero-order chi connectivity index (χ0) is 16.5. The number of nitrogens with zero attached hydrogens (tertiary/aromatic N) is 1. The Kier molecular flexibility index (Phi) is 3.47. The van der Waals surface area contributed by atoms with E-state index in [1.54, 1.807) is 30.3 Å². The fourth-order valence-electron chi connectivity index (χ4n) is 3.06. The molecule has 3 heteroatoms. The van der Waals surface area contributed by atoms with Crippen molar-refractivity contribution in [3.63, 3.8) is 0 Å². The predicted octanol–water partition coefficient (Wildman–Crippen LogP) is 4.08. The number of amides is 2. The van der Waals surface area contributed by atoms with Crippen molar-refractivity contribution in [2.45, 2.75) is 6.42 Å². The molecule has 3 aromatic rings. The molecule has 3 nitrogen and oxygen atoms in total. The number of rotatable bonds is 3. The molecule has 1 heterocycles. The summed E-state index contributed by atoms with van der Waals surface area (Å²) in [5.74, 6) is -0.514. The number of fused-ring (bicyclic) bond motifs is 1. The Balaban J connectivity index is 1.67. The maximum atomic E-state index is 12.6. The molecule has 0 atom stereocenters. The molecule has 0 aliphatic carbocycles. The molecule has 0 unspecified atom stereocenters. The summed E-state index contributed by atoms with van der Waals surface area (Å²) in [6.07, 6.45) is 0.762. The van der Waals surface area contributed by atoms with Crippen molar-refractivity contribution < 1.29 is 9.59 Å². The van der Waals surface area contributed by atoms with Crippen molar-refractivity contribution in [1.82, 2.24) is 0 Å². The smallest absolute Gasteiger partial charge is 0.266 e. The van der Waals surface area contributed by atoms with Crippen molar-refractivity contribution in [2.24, 2.45) is 0 Å². The van der Waals surface area contributed by atoms with Crippen LogP contribution in [0.1, 0.15) is 31.8 Å². The van der Waals surface area contributed by atoms with Crippen LogP contribution >= 0.6 is 0 Å². The Labute approximate surface area is 140 Å². The fraction of sp³-hybridized carbons (Fsp3) is 0.0476. The van der Waals surface area contributed by atoms with Gasteiger partial charge >= 0.3 is 0 Å². The number of anilines is 1. The van der Waals surface area contributed by atoms with Crippen LogP contribution in [0.15, 0.2) is 78.9 Å². The second-order valence-corrected chi connectivity index (χ2v) is 5.82. The van der Waals surface area contributed by atoms with E-state index >= 15 is 0 Å². The maximum Gasteiger partial charge on any atom is 0.266 e. The number of imide groups is 1. The monoisotopic (exact) mass is 313 g/mol. The van der Waals surface area contributed by atoms with Gasteiger partial charge in [0.2, 0.25) is 0 Å². The molecule has 0 radical (unpaired) electrons. The van der Waals surface area contributed by atoms with E-state index in [0.29, 0.717) is 16.8 Å². The average Bonchev–Trinajstić information content (AvgIpc) is 2.87. The lowest BCUT2D eigenvalue weighted by Gasteiger charge is -2.15. The largest absolute Gasteiger partial charge is 0.268 e. The quantitative estimate of drug-likeness (QED) is 0.683. The number of benzene rings is 3. The number of hydrogen-bond acceptors (Lipinski definition) is 2. The molecule has 0 saturated heterocycles.